The van der Waals surface area contributed by atoms with Gasteiger partial charge in [-0.05, 0) is 37.8 Å². The van der Waals surface area contributed by atoms with E-state index in [0.717, 1.165) is 17.7 Å². The molecule has 1 aliphatic carbocycles. The van der Waals surface area contributed by atoms with Crippen LogP contribution in [0.2, 0.25) is 0 Å². The Balaban J connectivity index is 2.01. The lowest BCUT2D eigenvalue weighted by atomic mass is 10.2. The van der Waals surface area contributed by atoms with Crippen molar-refractivity contribution in [1.29, 1.82) is 0 Å². The molecule has 0 spiro atoms. The van der Waals surface area contributed by atoms with Crippen LogP contribution in [0.4, 0.5) is 0 Å². The second-order valence-corrected chi connectivity index (χ2v) is 7.99. The molecule has 2 N–H and O–H groups in total. The van der Waals surface area contributed by atoms with E-state index in [1.165, 1.54) is 18.3 Å². The number of nitrogens with one attached hydrogen (secondary N) is 2. The molecule has 1 saturated carbocycles. The summed E-state index contributed by atoms with van der Waals surface area (Å²) in [5, 5.41) is 2.65. The molecule has 7 heteroatoms. The van der Waals surface area contributed by atoms with Gasteiger partial charge in [-0.2, -0.15) is 0 Å². The van der Waals surface area contributed by atoms with E-state index in [2.05, 4.69) is 10.0 Å². The van der Waals surface area contributed by atoms with E-state index in [-0.39, 0.29) is 11.9 Å². The van der Waals surface area contributed by atoms with Crippen LogP contribution >= 0.6 is 11.3 Å². The van der Waals surface area contributed by atoms with Crippen molar-refractivity contribution in [3.63, 3.8) is 0 Å². The first-order valence-electron chi connectivity index (χ1n) is 6.24. The van der Waals surface area contributed by atoms with Crippen molar-refractivity contribution in [3.8, 4) is 0 Å². The number of thiophene rings is 1. The maximum atomic E-state index is 12.1. The SMILES string of the molecule is CC(=O)NCc1ccc(S(=O)(=O)NC(C)C2CC2)s1. The van der Waals surface area contributed by atoms with Crippen LogP contribution in [0.1, 0.15) is 31.6 Å². The lowest BCUT2D eigenvalue weighted by molar-refractivity contribution is -0.119. The van der Waals surface area contributed by atoms with Gasteiger partial charge in [0.25, 0.3) is 0 Å². The highest BCUT2D eigenvalue weighted by atomic mass is 32.2. The molecule has 0 bridgehead atoms. The van der Waals surface area contributed by atoms with Crippen LogP contribution in [0, 0.1) is 5.92 Å². The molecule has 1 fully saturated rings. The molecule has 1 atom stereocenters. The Labute approximate surface area is 117 Å². The molecule has 1 amide bonds. The van der Waals surface area contributed by atoms with Crippen LogP contribution in [-0.2, 0) is 21.4 Å². The van der Waals surface area contributed by atoms with E-state index >= 15 is 0 Å². The summed E-state index contributed by atoms with van der Waals surface area (Å²) in [5.41, 5.74) is 0. The van der Waals surface area contributed by atoms with Crippen LogP contribution < -0.4 is 10.0 Å². The number of amides is 1. The first kappa shape index (κ1) is 14.5. The van der Waals surface area contributed by atoms with Gasteiger partial charge in [-0.1, -0.05) is 0 Å². The average Bonchev–Trinajstić information content (AvgIpc) is 3.04. The fourth-order valence-electron chi connectivity index (χ4n) is 1.80. The van der Waals surface area contributed by atoms with E-state index in [1.54, 1.807) is 12.1 Å². The predicted octanol–water partition coefficient (Wildman–Crippen LogP) is 1.46. The Hall–Kier alpha value is -0.920. The Morgan fingerprint density at radius 1 is 1.47 bits per heavy atom. The van der Waals surface area contributed by atoms with Crippen LogP contribution in [0.5, 0.6) is 0 Å². The van der Waals surface area contributed by atoms with Crippen molar-refractivity contribution in [3.05, 3.63) is 17.0 Å². The van der Waals surface area contributed by atoms with Gasteiger partial charge in [-0.15, -0.1) is 11.3 Å². The normalized spacial score (nSPS) is 17.2. The summed E-state index contributed by atoms with van der Waals surface area (Å²) >= 11 is 1.19. The van der Waals surface area contributed by atoms with Gasteiger partial charge in [0.15, 0.2) is 0 Å². The summed E-state index contributed by atoms with van der Waals surface area (Å²) in [6.45, 7) is 3.71. The Kier molecular flexibility index (Phi) is 4.27. The molecule has 2 rings (SSSR count). The highest BCUT2D eigenvalue weighted by molar-refractivity contribution is 7.91. The number of carbonyl (C=O) groups excluding carboxylic acids is 1. The molecule has 19 heavy (non-hydrogen) atoms. The van der Waals surface area contributed by atoms with E-state index in [0.29, 0.717) is 16.7 Å². The summed E-state index contributed by atoms with van der Waals surface area (Å²) in [4.78, 5) is 11.6. The molecule has 0 saturated heterocycles. The van der Waals surface area contributed by atoms with Crippen molar-refractivity contribution in [2.45, 2.75) is 43.5 Å². The molecule has 1 aromatic heterocycles. The summed E-state index contributed by atoms with van der Waals surface area (Å²) in [6, 6.07) is 3.31. The number of rotatable bonds is 6. The maximum absolute atomic E-state index is 12.1. The lowest BCUT2D eigenvalue weighted by Crippen LogP contribution is -2.33. The number of sulfonamides is 1. The van der Waals surface area contributed by atoms with Crippen molar-refractivity contribution in [2.24, 2.45) is 5.92 Å². The third kappa shape index (κ3) is 4.02. The van der Waals surface area contributed by atoms with Gasteiger partial charge < -0.3 is 5.32 Å². The largest absolute Gasteiger partial charge is 0.351 e. The zero-order valence-electron chi connectivity index (χ0n) is 11.0. The molecule has 5 nitrogen and oxygen atoms in total. The minimum Gasteiger partial charge on any atom is -0.351 e. The summed E-state index contributed by atoms with van der Waals surface area (Å²) in [5.74, 6) is 0.354. The van der Waals surface area contributed by atoms with E-state index in [9.17, 15) is 13.2 Å². The topological polar surface area (TPSA) is 75.3 Å². The molecular weight excluding hydrogens is 284 g/mol. The van der Waals surface area contributed by atoms with Crippen LogP contribution in [-0.4, -0.2) is 20.4 Å². The van der Waals surface area contributed by atoms with Crippen molar-refractivity contribution >= 4 is 27.3 Å². The van der Waals surface area contributed by atoms with E-state index in [1.807, 2.05) is 6.92 Å². The number of hydrogen-bond acceptors (Lipinski definition) is 4. The van der Waals surface area contributed by atoms with Gasteiger partial charge in [0.1, 0.15) is 4.21 Å². The molecule has 0 radical (unpaired) electrons. The fraction of sp³-hybridized carbons (Fsp3) is 0.583. The predicted molar refractivity (Wildman–Crippen MR) is 74.3 cm³/mol. The Morgan fingerprint density at radius 2 is 2.16 bits per heavy atom. The monoisotopic (exact) mass is 302 g/mol. The smallest absolute Gasteiger partial charge is 0.250 e. The summed E-state index contributed by atoms with van der Waals surface area (Å²) in [6.07, 6.45) is 2.20. The summed E-state index contributed by atoms with van der Waals surface area (Å²) in [7, 11) is -3.43. The zero-order valence-corrected chi connectivity index (χ0v) is 12.6. The molecule has 0 aliphatic heterocycles. The maximum Gasteiger partial charge on any atom is 0.250 e. The highest BCUT2D eigenvalue weighted by Crippen LogP contribution is 2.33. The number of carbonyl (C=O) groups is 1. The molecule has 106 valence electrons. The first-order valence-corrected chi connectivity index (χ1v) is 8.54. The minimum atomic E-state index is -3.43. The molecule has 1 unspecified atom stereocenters. The molecular formula is C12H18N2O3S2. The number of hydrogen-bond donors (Lipinski definition) is 2. The second kappa shape index (κ2) is 5.60. The standard InChI is InChI=1S/C12H18N2O3S2/c1-8(10-3-4-10)14-19(16,17)12-6-5-11(18-12)7-13-9(2)15/h5-6,8,10,14H,3-4,7H2,1-2H3,(H,13,15). The van der Waals surface area contributed by atoms with Crippen molar-refractivity contribution in [2.75, 3.05) is 0 Å². The average molecular weight is 302 g/mol. The zero-order chi connectivity index (χ0) is 14.0. The van der Waals surface area contributed by atoms with Crippen LogP contribution in [0.25, 0.3) is 0 Å². The Bertz CT molecular complexity index is 561. The first-order chi connectivity index (χ1) is 8.88. The van der Waals surface area contributed by atoms with Gasteiger partial charge in [-0.25, -0.2) is 13.1 Å². The molecule has 0 aromatic carbocycles. The van der Waals surface area contributed by atoms with Gasteiger partial charge in [0.05, 0.1) is 6.54 Å². The highest BCUT2D eigenvalue weighted by Gasteiger charge is 2.31. The van der Waals surface area contributed by atoms with Gasteiger partial charge in [0, 0.05) is 17.8 Å². The third-order valence-corrected chi connectivity index (χ3v) is 6.22. The minimum absolute atomic E-state index is 0.00843. The second-order valence-electron chi connectivity index (χ2n) is 4.88. The van der Waals surface area contributed by atoms with Crippen LogP contribution in [0.15, 0.2) is 16.3 Å². The van der Waals surface area contributed by atoms with Gasteiger partial charge in [-0.3, -0.25) is 4.79 Å². The van der Waals surface area contributed by atoms with Crippen LogP contribution in [0.3, 0.4) is 0 Å². The summed E-state index contributed by atoms with van der Waals surface area (Å²) < 4.78 is 27.3. The molecule has 1 aromatic rings. The van der Waals surface area contributed by atoms with E-state index in [4.69, 9.17) is 0 Å². The third-order valence-electron chi connectivity index (χ3n) is 3.08. The Morgan fingerprint density at radius 3 is 2.74 bits per heavy atom. The molecule has 1 heterocycles. The van der Waals surface area contributed by atoms with Gasteiger partial charge >= 0.3 is 0 Å². The lowest BCUT2D eigenvalue weighted by Gasteiger charge is -2.11. The van der Waals surface area contributed by atoms with E-state index < -0.39 is 10.0 Å². The fourth-order valence-corrected chi connectivity index (χ4v) is 4.43. The van der Waals surface area contributed by atoms with Gasteiger partial charge in [0.2, 0.25) is 15.9 Å². The quantitative estimate of drug-likeness (QED) is 0.835. The molecule has 1 aliphatic rings. The van der Waals surface area contributed by atoms with Crippen molar-refractivity contribution < 1.29 is 13.2 Å². The van der Waals surface area contributed by atoms with Crippen molar-refractivity contribution in [1.82, 2.24) is 10.0 Å².